The molecule has 0 radical (unpaired) electrons. The van der Waals surface area contributed by atoms with Crippen LogP contribution in [0.15, 0.2) is 0 Å². The molecule has 0 heterocycles. The van der Waals surface area contributed by atoms with Crippen molar-refractivity contribution in [2.75, 3.05) is 0 Å². The Balaban J connectivity index is -0.000000000739. The van der Waals surface area contributed by atoms with E-state index in [1.54, 1.807) is 0 Å². The molecule has 0 spiro atoms. The molecule has 0 unspecified atom stereocenters. The van der Waals surface area contributed by atoms with Gasteiger partial charge in [0.25, 0.3) is 0 Å². The van der Waals surface area contributed by atoms with Gasteiger partial charge in [0.1, 0.15) is 0 Å². The van der Waals surface area contributed by atoms with Gasteiger partial charge < -0.3 is 5.48 Å². The Morgan fingerprint density at radius 3 is 0.545 bits per heavy atom. The van der Waals surface area contributed by atoms with Gasteiger partial charge >= 0.3 is 28.8 Å². The largest absolute Gasteiger partial charge is 0 e. The number of carbonyl (C=O) groups excluding carboxylic acids is 4. The summed E-state index contributed by atoms with van der Waals surface area (Å²) in [5, 5.41) is 0. The zero-order valence-corrected chi connectivity index (χ0v) is 5.45. The van der Waals surface area contributed by atoms with Crippen LogP contribution in [0, 0.1) is 13.3 Å². The Labute approximate surface area is 155 Å². The second-order valence-corrected chi connectivity index (χ2v) is 0.287. The van der Waals surface area contributed by atoms with E-state index in [1.165, 1.54) is 0 Å². The fourth-order valence-corrected chi connectivity index (χ4v) is 0. The van der Waals surface area contributed by atoms with Crippen molar-refractivity contribution >= 4 is 18.0 Å². The minimum atomic E-state index is 0. The van der Waals surface area contributed by atoms with E-state index in [0.29, 0.717) is 0 Å². The summed E-state index contributed by atoms with van der Waals surface area (Å²) in [5.74, 6) is 1.75. The van der Waals surface area contributed by atoms with Gasteiger partial charge in [0, 0.05) is 14.3 Å². The molecule has 0 aromatic rings. The van der Waals surface area contributed by atoms with Gasteiger partial charge in [-0.1, -0.05) is 74.3 Å². The van der Waals surface area contributed by atoms with E-state index < -0.39 is 0 Å². The molecule has 0 aliphatic rings. The predicted octanol–water partition coefficient (Wildman–Crippen LogP) is 6.54. The van der Waals surface area contributed by atoms with Crippen LogP contribution in [0.2, 0.25) is 0 Å². The van der Waals surface area contributed by atoms with Gasteiger partial charge in [-0.25, -0.2) is 9.59 Å². The summed E-state index contributed by atoms with van der Waals surface area (Å²) in [5.41, 5.74) is 0. The third kappa shape index (κ3) is 4980. The van der Waals surface area contributed by atoms with Crippen molar-refractivity contribution in [1.82, 2.24) is 0 Å². The number of rotatable bonds is 0. The van der Waals surface area contributed by atoms with Crippen LogP contribution in [0.4, 0.5) is 0 Å². The Morgan fingerprint density at radius 2 is 0.545 bits per heavy atom. The van der Waals surface area contributed by atoms with Crippen LogP contribution in [0.1, 0.15) is 88.5 Å². The first-order chi connectivity index (χ1) is 5.33. The molecule has 0 atom stereocenters. The first-order valence-corrected chi connectivity index (χ1v) is 1.47. The molecular formula is C15H62O7. The molecule has 0 aliphatic carbocycles. The Morgan fingerprint density at radius 1 is 0.500 bits per heavy atom. The van der Waals surface area contributed by atoms with E-state index in [4.69, 9.17) is 28.5 Å². The van der Waals surface area contributed by atoms with Gasteiger partial charge in [-0.2, -0.15) is 9.59 Å². The minimum Gasteiger partial charge on any atom is 0 e. The molecular weight excluding hydrogens is 292 g/mol. The van der Waals surface area contributed by atoms with E-state index in [2.05, 4.69) is 13.3 Å². The van der Waals surface area contributed by atoms with E-state index in [0.717, 1.165) is 11.9 Å². The molecule has 0 aliphatic heterocycles. The fraction of sp³-hybridized carbons (Fsp3) is 0.667. The first kappa shape index (κ1) is 290. The summed E-state index contributed by atoms with van der Waals surface area (Å²) >= 11 is 0. The standard InChI is InChI=1S/C2O2.CO2.2CO.10CH4.H2O.10H2/c3-1-2-4;2-1-3;2*1-2;;;;;;;;;;;;;;;;;;;;;/h;;;;10*1H4;1H2;10*1H. The topological polar surface area (TPSA) is 140 Å². The quantitative estimate of drug-likeness (QED) is 0.276. The van der Waals surface area contributed by atoms with Crippen LogP contribution in [0.3, 0.4) is 0 Å². The Hall–Kier alpha value is -2.02. The van der Waals surface area contributed by atoms with Gasteiger partial charge in [0.2, 0.25) is 11.9 Å². The van der Waals surface area contributed by atoms with E-state index in [-0.39, 0.29) is 100 Å². The second kappa shape index (κ2) is 6390. The summed E-state index contributed by atoms with van der Waals surface area (Å²) in [4.78, 5) is 33.5. The third-order valence-corrected chi connectivity index (χ3v) is 0.0417. The molecule has 0 amide bonds. The maximum atomic E-state index is 8.62. The van der Waals surface area contributed by atoms with Crippen LogP contribution in [0.25, 0.3) is 0 Å². The SMILES string of the molecule is C.C.C.C.C.C.C.C.C.C.O.O=C=C=O.O=C=O.[C-]#[O+].[C-]#[O+].[HH].[HH].[HH].[HH].[HH].[HH].[HH].[HH].[HH].[HH]. The molecule has 22 heavy (non-hydrogen) atoms. The summed E-state index contributed by atoms with van der Waals surface area (Å²) in [7, 11) is 0. The molecule has 0 bridgehead atoms. The smallest absolute Gasteiger partial charge is 0 e. The monoisotopic (exact) mass is 354 g/mol. The average Bonchev–Trinajstić information content (AvgIpc) is 2.12. The van der Waals surface area contributed by atoms with Crippen molar-refractivity contribution in [3.8, 4) is 0 Å². The van der Waals surface area contributed by atoms with E-state index in [1.807, 2.05) is 0 Å². The van der Waals surface area contributed by atoms with Crippen LogP contribution in [-0.4, -0.2) is 23.5 Å². The summed E-state index contributed by atoms with van der Waals surface area (Å²) in [6, 6.07) is 0. The van der Waals surface area contributed by atoms with E-state index >= 15 is 0 Å². The molecule has 0 rings (SSSR count). The predicted molar refractivity (Wildman–Crippen MR) is 116 cm³/mol. The molecule has 0 saturated carbocycles. The van der Waals surface area contributed by atoms with Crippen molar-refractivity contribution in [1.29, 1.82) is 0 Å². The Bertz CT molecular complexity index is 205. The van der Waals surface area contributed by atoms with Gasteiger partial charge in [-0.05, 0) is 0 Å². The van der Waals surface area contributed by atoms with Gasteiger partial charge in [0.15, 0.2) is 0 Å². The molecule has 0 saturated heterocycles. The van der Waals surface area contributed by atoms with Crippen molar-refractivity contribution < 1.29 is 48.2 Å². The first-order valence-electron chi connectivity index (χ1n) is 1.47. The molecule has 0 aromatic heterocycles. The van der Waals surface area contributed by atoms with Crippen molar-refractivity contribution in [3.05, 3.63) is 13.3 Å². The molecule has 0 aromatic carbocycles. The number of hydrogen-bond acceptors (Lipinski definition) is 4. The van der Waals surface area contributed by atoms with Crippen molar-refractivity contribution in [3.63, 3.8) is 0 Å². The zero-order chi connectivity index (χ0) is 10.1. The second-order valence-electron chi connectivity index (χ2n) is 0.287. The Kier molecular flexibility index (Phi) is 84300. The molecule has 0 fully saturated rings. The van der Waals surface area contributed by atoms with Crippen LogP contribution < -0.4 is 0 Å². The maximum Gasteiger partial charge on any atom is 0 e. The molecule has 164 valence electrons. The normalized spacial score (nSPS) is 1.09. The molecule has 2 N–H and O–H groups in total. The van der Waals surface area contributed by atoms with Crippen LogP contribution in [0.5, 0.6) is 0 Å². The third-order valence-electron chi connectivity index (χ3n) is 0.0417. The van der Waals surface area contributed by atoms with Crippen LogP contribution in [-0.2, 0) is 28.5 Å². The van der Waals surface area contributed by atoms with Crippen LogP contribution >= 0.6 is 0 Å². The van der Waals surface area contributed by atoms with E-state index in [9.17, 15) is 0 Å². The fourth-order valence-electron chi connectivity index (χ4n) is 0. The average molecular weight is 355 g/mol. The van der Waals surface area contributed by atoms with Crippen molar-refractivity contribution in [2.45, 2.75) is 74.3 Å². The molecule has 7 heteroatoms. The summed E-state index contributed by atoms with van der Waals surface area (Å²) in [6.45, 7) is 9.00. The minimum absolute atomic E-state index is 0. The summed E-state index contributed by atoms with van der Waals surface area (Å²) in [6.07, 6.45) is 0.250. The van der Waals surface area contributed by atoms with Crippen molar-refractivity contribution in [2.24, 2.45) is 0 Å². The number of hydrogen-bond donors (Lipinski definition) is 0. The zero-order valence-electron chi connectivity index (χ0n) is 5.45. The van der Waals surface area contributed by atoms with Gasteiger partial charge in [-0.3, -0.25) is 0 Å². The summed E-state index contributed by atoms with van der Waals surface area (Å²) < 4.78 is 15.0. The van der Waals surface area contributed by atoms with Gasteiger partial charge in [-0.15, -0.1) is 0 Å². The maximum absolute atomic E-state index is 8.62. The molecule has 7 nitrogen and oxygen atoms in total. The van der Waals surface area contributed by atoms with Gasteiger partial charge in [0.05, 0.1) is 0 Å².